The van der Waals surface area contributed by atoms with Crippen molar-refractivity contribution in [3.8, 4) is 0 Å². The minimum atomic E-state index is -1.53. The first kappa shape index (κ1) is 37.7. The van der Waals surface area contributed by atoms with Gasteiger partial charge in [0, 0.05) is 24.2 Å². The van der Waals surface area contributed by atoms with E-state index in [-0.39, 0.29) is 50.6 Å². The fourth-order valence-corrected chi connectivity index (χ4v) is 5.47. The highest BCUT2D eigenvalue weighted by molar-refractivity contribution is 5.94. The molecule has 0 aliphatic carbocycles. The first-order valence-electron chi connectivity index (χ1n) is 15.6. The number of aliphatic hydroxyl groups is 8. The highest BCUT2D eigenvalue weighted by Crippen LogP contribution is 2.34. The number of benzene rings is 2. The molecule has 2 aliphatic heterocycles. The summed E-state index contributed by atoms with van der Waals surface area (Å²) in [6, 6.07) is 12.5. The number of ether oxygens (including phenoxy) is 4. The molecule has 2 fully saturated rings. The van der Waals surface area contributed by atoms with E-state index in [1.807, 2.05) is 0 Å². The summed E-state index contributed by atoms with van der Waals surface area (Å²) in [6.45, 7) is 0.138. The lowest BCUT2D eigenvalue weighted by atomic mass is 9.90. The minimum Gasteiger partial charge on any atom is -0.394 e. The van der Waals surface area contributed by atoms with E-state index in [4.69, 9.17) is 18.9 Å². The monoisotopic (exact) mass is 680 g/mol. The summed E-state index contributed by atoms with van der Waals surface area (Å²) in [5, 5.41) is 85.1. The van der Waals surface area contributed by atoms with Crippen LogP contribution >= 0.6 is 0 Å². The second-order valence-electron chi connectivity index (χ2n) is 11.5. The third-order valence-corrected chi connectivity index (χ3v) is 8.18. The molecule has 4 rings (SSSR count). The van der Waals surface area contributed by atoms with Gasteiger partial charge in [0.15, 0.2) is 0 Å². The number of carbonyl (C=O) groups is 2. The van der Waals surface area contributed by atoms with Crippen LogP contribution in [-0.4, -0.2) is 154 Å². The molecular weight excluding hydrogens is 636 g/mol. The summed E-state index contributed by atoms with van der Waals surface area (Å²) in [4.78, 5) is 25.2. The smallest absolute Gasteiger partial charge is 0.251 e. The number of aliphatic hydroxyl groups excluding tert-OH is 8. The van der Waals surface area contributed by atoms with E-state index in [1.165, 1.54) is 12.1 Å². The van der Waals surface area contributed by atoms with Gasteiger partial charge in [0.2, 0.25) is 0 Å². The first-order valence-corrected chi connectivity index (χ1v) is 15.6. The minimum absolute atomic E-state index is 0.196. The van der Waals surface area contributed by atoms with Gasteiger partial charge < -0.3 is 70.4 Å². The van der Waals surface area contributed by atoms with Crippen LogP contribution in [0.5, 0.6) is 0 Å². The highest BCUT2D eigenvalue weighted by Gasteiger charge is 2.45. The molecule has 0 saturated carbocycles. The lowest BCUT2D eigenvalue weighted by Crippen LogP contribution is -2.55. The van der Waals surface area contributed by atoms with E-state index in [0.29, 0.717) is 11.1 Å². The quantitative estimate of drug-likeness (QED) is 0.0837. The highest BCUT2D eigenvalue weighted by atomic mass is 16.6. The molecule has 16 nitrogen and oxygen atoms in total. The molecule has 10 atom stereocenters. The van der Waals surface area contributed by atoms with Crippen LogP contribution in [0.15, 0.2) is 48.5 Å². The molecule has 2 aliphatic rings. The third-order valence-electron chi connectivity index (χ3n) is 8.18. The lowest BCUT2D eigenvalue weighted by Gasteiger charge is -2.40. The molecule has 16 heteroatoms. The van der Waals surface area contributed by atoms with Crippen molar-refractivity contribution < 1.29 is 69.4 Å². The zero-order chi connectivity index (χ0) is 34.8. The lowest BCUT2D eigenvalue weighted by molar-refractivity contribution is -0.231. The van der Waals surface area contributed by atoms with E-state index in [1.54, 1.807) is 36.4 Å². The summed E-state index contributed by atoms with van der Waals surface area (Å²) in [6.07, 6.45) is -13.2. The topological polar surface area (TPSA) is 257 Å². The Morgan fingerprint density at radius 2 is 0.979 bits per heavy atom. The Bertz CT molecular complexity index is 1230. The van der Waals surface area contributed by atoms with Crippen LogP contribution in [0, 0.1) is 0 Å². The number of nitrogens with one attached hydrogen (secondary N) is 2. The Morgan fingerprint density at radius 3 is 1.35 bits per heavy atom. The third kappa shape index (κ3) is 9.32. The molecule has 0 bridgehead atoms. The van der Waals surface area contributed by atoms with Crippen LogP contribution in [-0.2, 0) is 18.9 Å². The number of hydrogen-bond acceptors (Lipinski definition) is 14. The second kappa shape index (κ2) is 18.1. The van der Waals surface area contributed by atoms with Gasteiger partial charge in [-0.3, -0.25) is 9.59 Å². The van der Waals surface area contributed by atoms with Crippen LogP contribution in [0.2, 0.25) is 0 Å². The van der Waals surface area contributed by atoms with Gasteiger partial charge in [-0.25, -0.2) is 0 Å². The predicted octanol–water partition coefficient (Wildman–Crippen LogP) is -3.09. The fourth-order valence-electron chi connectivity index (χ4n) is 5.47. The Labute approximate surface area is 276 Å². The zero-order valence-electron chi connectivity index (χ0n) is 26.1. The molecular formula is C32H44N2O14. The summed E-state index contributed by atoms with van der Waals surface area (Å²) < 4.78 is 22.1. The first-order chi connectivity index (χ1) is 23.1. The maximum atomic E-state index is 12.6. The largest absolute Gasteiger partial charge is 0.394 e. The maximum absolute atomic E-state index is 12.6. The Balaban J connectivity index is 1.10. The van der Waals surface area contributed by atoms with E-state index in [9.17, 15) is 50.4 Å². The van der Waals surface area contributed by atoms with Crippen LogP contribution < -0.4 is 10.6 Å². The van der Waals surface area contributed by atoms with Gasteiger partial charge >= 0.3 is 0 Å². The van der Waals surface area contributed by atoms with Crippen LogP contribution in [0.4, 0.5) is 0 Å². The molecule has 0 radical (unpaired) electrons. The van der Waals surface area contributed by atoms with Crippen molar-refractivity contribution in [2.24, 2.45) is 0 Å². The van der Waals surface area contributed by atoms with Crippen molar-refractivity contribution in [2.75, 3.05) is 52.7 Å². The Hall–Kier alpha value is -3.10. The van der Waals surface area contributed by atoms with Crippen LogP contribution in [0.25, 0.3) is 0 Å². The fraction of sp³-hybridized carbons (Fsp3) is 0.562. The molecule has 2 aromatic carbocycles. The van der Waals surface area contributed by atoms with Gasteiger partial charge in [-0.2, -0.15) is 0 Å². The summed E-state index contributed by atoms with van der Waals surface area (Å²) >= 11 is 0. The van der Waals surface area contributed by atoms with E-state index < -0.39 is 86.1 Å². The van der Waals surface area contributed by atoms with Crippen molar-refractivity contribution in [2.45, 2.75) is 61.0 Å². The molecule has 2 heterocycles. The SMILES string of the molecule is O=C(NCCOCCOCCNC(=O)c1cccc(C2OC(CO)C(O)C(O)C2O)c1)c1cccc(C2OC(CO)C(O)C(O)C2O)c1. The average molecular weight is 681 g/mol. The van der Waals surface area contributed by atoms with Crippen molar-refractivity contribution >= 4 is 11.8 Å². The second-order valence-corrected chi connectivity index (χ2v) is 11.5. The van der Waals surface area contributed by atoms with Gasteiger partial charge in [-0.05, 0) is 35.4 Å². The molecule has 48 heavy (non-hydrogen) atoms. The van der Waals surface area contributed by atoms with Crippen molar-refractivity contribution in [3.05, 3.63) is 70.8 Å². The molecule has 10 unspecified atom stereocenters. The van der Waals surface area contributed by atoms with Gasteiger partial charge in [-0.15, -0.1) is 0 Å². The number of hydrogen-bond donors (Lipinski definition) is 10. The van der Waals surface area contributed by atoms with Gasteiger partial charge in [-0.1, -0.05) is 24.3 Å². The van der Waals surface area contributed by atoms with Gasteiger partial charge in [0.1, 0.15) is 61.0 Å². The molecule has 0 aromatic heterocycles. The Kier molecular flexibility index (Phi) is 14.2. The normalized spacial score (nSPS) is 30.5. The van der Waals surface area contributed by atoms with E-state index >= 15 is 0 Å². The number of amides is 2. The molecule has 2 saturated heterocycles. The molecule has 266 valence electrons. The summed E-state index contributed by atoms with van der Waals surface area (Å²) in [5.41, 5.74) is 1.34. The van der Waals surface area contributed by atoms with Crippen molar-refractivity contribution in [1.82, 2.24) is 10.6 Å². The van der Waals surface area contributed by atoms with Gasteiger partial charge in [0.25, 0.3) is 11.8 Å². The molecule has 2 amide bonds. The standard InChI is InChI=1S/C32H44N2O14/c35-15-21-23(37)25(39)27(41)29(47-21)17-3-1-5-19(13-17)31(43)33-7-9-45-11-12-46-10-8-34-32(44)20-6-2-4-18(14-20)30-28(42)26(40)24(38)22(16-36)48-30/h1-6,13-14,21-30,35-42H,7-12,15-16H2,(H,33,43)(H,34,44). The van der Waals surface area contributed by atoms with Crippen molar-refractivity contribution in [1.29, 1.82) is 0 Å². The van der Waals surface area contributed by atoms with Gasteiger partial charge in [0.05, 0.1) is 39.6 Å². The molecule has 2 aromatic rings. The van der Waals surface area contributed by atoms with E-state index in [2.05, 4.69) is 10.6 Å². The maximum Gasteiger partial charge on any atom is 0.251 e. The number of rotatable bonds is 15. The van der Waals surface area contributed by atoms with E-state index in [0.717, 1.165) is 0 Å². The zero-order valence-corrected chi connectivity index (χ0v) is 26.1. The summed E-state index contributed by atoms with van der Waals surface area (Å²) in [5.74, 6) is -0.813. The number of carbonyl (C=O) groups excluding carboxylic acids is 2. The predicted molar refractivity (Wildman–Crippen MR) is 165 cm³/mol. The van der Waals surface area contributed by atoms with Crippen LogP contribution in [0.3, 0.4) is 0 Å². The summed E-state index contributed by atoms with van der Waals surface area (Å²) in [7, 11) is 0. The van der Waals surface area contributed by atoms with Crippen molar-refractivity contribution in [3.63, 3.8) is 0 Å². The average Bonchev–Trinajstić information content (AvgIpc) is 3.10. The molecule has 10 N–H and O–H groups in total. The Morgan fingerprint density at radius 1 is 0.583 bits per heavy atom. The molecule has 0 spiro atoms. The van der Waals surface area contributed by atoms with Crippen LogP contribution in [0.1, 0.15) is 44.1 Å².